The van der Waals surface area contributed by atoms with Crippen LogP contribution in [0.25, 0.3) is 0 Å². The van der Waals surface area contributed by atoms with E-state index in [1.807, 2.05) is 13.0 Å². The largest absolute Gasteiger partial charge is 0.462 e. The monoisotopic (exact) mass is 885 g/mol. The number of aliphatic hydroxyl groups excluding tert-OH is 2. The Bertz CT molecular complexity index is 1700. The predicted octanol–water partition coefficient (Wildman–Crippen LogP) is 8.77. The quantitative estimate of drug-likeness (QED) is 0.115. The van der Waals surface area contributed by atoms with Gasteiger partial charge in [0.25, 0.3) is 0 Å². The molecule has 0 aromatic carbocycles. The Kier molecular flexibility index (Phi) is 14.9. The van der Waals surface area contributed by atoms with Gasteiger partial charge in [-0.15, -0.1) is 0 Å². The molecule has 17 atom stereocenters. The molecule has 0 bridgehead atoms. The van der Waals surface area contributed by atoms with Gasteiger partial charge in [-0.1, -0.05) is 73.0 Å². The van der Waals surface area contributed by atoms with E-state index in [9.17, 15) is 29.4 Å². The topological polar surface area (TPSA) is 164 Å². The fourth-order valence-electron chi connectivity index (χ4n) is 14.8. The molecule has 356 valence electrons. The van der Waals surface area contributed by atoms with Crippen LogP contribution in [0.15, 0.2) is 11.6 Å². The number of hydrogen-bond acceptors (Lipinski definition) is 12. The maximum atomic E-state index is 12.1. The third-order valence-electron chi connectivity index (χ3n) is 18.4. The number of carbonyl (C=O) groups excluding carboxylic acids is 4. The number of hydrogen-bond donors (Lipinski definition) is 2. The van der Waals surface area contributed by atoms with Crippen molar-refractivity contribution in [2.75, 3.05) is 13.2 Å². The normalized spacial score (nSPS) is 44.6. The summed E-state index contributed by atoms with van der Waals surface area (Å²) < 4.78 is 34.9. The minimum Gasteiger partial charge on any atom is -0.462 e. The van der Waals surface area contributed by atoms with Crippen LogP contribution in [0.5, 0.6) is 0 Å². The zero-order chi connectivity index (χ0) is 45.5. The lowest BCUT2D eigenvalue weighted by Gasteiger charge is -2.61. The number of fused-ring (bicyclic) bond motifs is 10. The second kappa shape index (κ2) is 19.4. The van der Waals surface area contributed by atoms with Gasteiger partial charge in [-0.2, -0.15) is 0 Å². The van der Waals surface area contributed by atoms with Crippen molar-refractivity contribution in [3.05, 3.63) is 11.6 Å². The highest BCUT2D eigenvalue weighted by atomic mass is 16.7. The molecule has 8 aliphatic rings. The van der Waals surface area contributed by atoms with Crippen molar-refractivity contribution in [3.8, 4) is 0 Å². The van der Waals surface area contributed by atoms with Gasteiger partial charge in [0.05, 0.1) is 25.4 Å². The summed E-state index contributed by atoms with van der Waals surface area (Å²) in [5.74, 6) is 1.31. The Hall–Kier alpha value is -2.54. The number of rotatable bonds is 11. The van der Waals surface area contributed by atoms with E-state index < -0.39 is 18.7 Å². The van der Waals surface area contributed by atoms with Gasteiger partial charge in [0, 0.05) is 55.3 Å². The lowest BCUT2D eigenvalue weighted by molar-refractivity contribution is -0.254. The molecule has 0 amide bonds. The molecule has 0 aromatic heterocycles. The molecule has 6 aliphatic carbocycles. The van der Waals surface area contributed by atoms with Gasteiger partial charge in [-0.3, -0.25) is 19.2 Å². The molecule has 2 saturated heterocycles. The van der Waals surface area contributed by atoms with E-state index in [1.54, 1.807) is 0 Å². The molecule has 12 heteroatoms. The average Bonchev–Trinajstić information content (AvgIpc) is 3.75. The van der Waals surface area contributed by atoms with Crippen LogP contribution in [0.3, 0.4) is 0 Å². The first-order chi connectivity index (χ1) is 29.9. The molecule has 2 heterocycles. The Labute approximate surface area is 376 Å². The van der Waals surface area contributed by atoms with Crippen molar-refractivity contribution in [1.29, 1.82) is 0 Å². The lowest BCUT2D eigenvalue weighted by Crippen LogP contribution is -2.61. The highest BCUT2D eigenvalue weighted by Gasteiger charge is 2.65. The van der Waals surface area contributed by atoms with Gasteiger partial charge < -0.3 is 38.6 Å². The van der Waals surface area contributed by atoms with Crippen LogP contribution in [0.2, 0.25) is 0 Å². The van der Waals surface area contributed by atoms with E-state index in [0.29, 0.717) is 69.0 Å². The van der Waals surface area contributed by atoms with Crippen molar-refractivity contribution in [2.45, 2.75) is 208 Å². The second-order valence-electron chi connectivity index (χ2n) is 22.0. The van der Waals surface area contributed by atoms with Crippen LogP contribution in [-0.2, 0) is 47.6 Å². The molecular weight excluding hydrogens is 805 g/mol. The maximum Gasteiger partial charge on any atom is 0.308 e. The smallest absolute Gasteiger partial charge is 0.308 e. The molecule has 63 heavy (non-hydrogen) atoms. The Balaban J connectivity index is 0.000000189. The number of aliphatic hydroxyl groups is 2. The summed E-state index contributed by atoms with van der Waals surface area (Å²) in [6, 6.07) is 0. The third kappa shape index (κ3) is 9.28. The van der Waals surface area contributed by atoms with Gasteiger partial charge in [0.15, 0.2) is 0 Å². The number of carbonyl (C=O) groups is 4. The minimum absolute atomic E-state index is 0.0181. The van der Waals surface area contributed by atoms with E-state index in [2.05, 4.69) is 41.5 Å². The second-order valence-corrected chi connectivity index (χ2v) is 22.0. The first-order valence-electron chi connectivity index (χ1n) is 25.0. The van der Waals surface area contributed by atoms with Gasteiger partial charge in [-0.05, 0) is 117 Å². The summed E-state index contributed by atoms with van der Waals surface area (Å²) in [5, 5.41) is 22.6. The zero-order valence-electron chi connectivity index (χ0n) is 39.7. The molecule has 8 unspecified atom stereocenters. The van der Waals surface area contributed by atoms with Gasteiger partial charge in [0.2, 0.25) is 12.6 Å². The summed E-state index contributed by atoms with van der Waals surface area (Å²) >= 11 is 0. The van der Waals surface area contributed by atoms with Gasteiger partial charge >= 0.3 is 23.9 Å². The van der Waals surface area contributed by atoms with Crippen LogP contribution in [-0.4, -0.2) is 84.3 Å². The van der Waals surface area contributed by atoms with E-state index in [1.165, 1.54) is 12.5 Å². The molecule has 2 N–H and O–H groups in total. The first kappa shape index (κ1) is 48.4. The average molecular weight is 885 g/mol. The molecule has 0 radical (unpaired) electrons. The molecular formula is C51H80O12. The molecule has 5 saturated carbocycles. The van der Waals surface area contributed by atoms with Crippen LogP contribution in [0.1, 0.15) is 171 Å². The van der Waals surface area contributed by atoms with Crippen molar-refractivity contribution in [1.82, 2.24) is 0 Å². The fraction of sp³-hybridized carbons (Fsp3) is 0.882. The Morgan fingerprint density at radius 1 is 0.651 bits per heavy atom. The van der Waals surface area contributed by atoms with Crippen LogP contribution in [0.4, 0.5) is 0 Å². The Morgan fingerprint density at radius 2 is 1.21 bits per heavy atom. The molecule has 7 fully saturated rings. The SMILES string of the molecule is CCCCC(=O)O[C@@H]1CC2=C[C@H](O)C3C4CCC(OC(C)=O)[C@@]4(C)CCC3[C@@]2(C)CO1.CCCCC(=O)O[C@@H]1CC2C[C@H](O)C3C(CC[C@@]4(C)C3CC[C@@H]4OC(=O)CC)[C@@]2(C)CO1. The molecule has 12 nitrogen and oxygen atoms in total. The number of unbranched alkanes of at least 4 members (excludes halogenated alkanes) is 2. The van der Waals surface area contributed by atoms with E-state index in [4.69, 9.17) is 28.4 Å². The Morgan fingerprint density at radius 3 is 1.81 bits per heavy atom. The predicted molar refractivity (Wildman–Crippen MR) is 234 cm³/mol. The highest BCUT2D eigenvalue weighted by molar-refractivity contribution is 5.70. The molecule has 2 aliphatic heterocycles. The molecule has 8 rings (SSSR count). The van der Waals surface area contributed by atoms with Gasteiger partial charge in [0.1, 0.15) is 12.2 Å². The van der Waals surface area contributed by atoms with Crippen molar-refractivity contribution in [3.63, 3.8) is 0 Å². The standard InChI is InChI=1S/C26H42O6.C25H38O6/c1-5-7-8-22(29)32-23-14-16-13-19(27)24-17-9-10-20(31-21(28)6-2)25(17,3)12-11-18(24)26(16,4)15-30-23;1-5-6-7-21(28)31-22-13-16-12-19(27)23-17-8-9-20(30-15(2)26)24(17,3)11-10-18(23)25(16,4)14-29-22/h16-20,23-24,27H,5-15H2,1-4H3;12,17-20,22-23,27H,5-11,13-14H2,1-4H3/t16?,17?,18?,19-,20-,23+,24?,25-,26-;17?,18?,19-,20?,22+,23?,24-,25-/m00/s1. The van der Waals surface area contributed by atoms with Crippen LogP contribution >= 0.6 is 0 Å². The van der Waals surface area contributed by atoms with E-state index in [-0.39, 0.29) is 81.6 Å². The molecule has 0 spiro atoms. The minimum atomic E-state index is -0.555. The summed E-state index contributed by atoms with van der Waals surface area (Å²) in [5.41, 5.74) is 0.858. The van der Waals surface area contributed by atoms with Gasteiger partial charge in [-0.25, -0.2) is 0 Å². The fourth-order valence-corrected chi connectivity index (χ4v) is 14.8. The van der Waals surface area contributed by atoms with Crippen molar-refractivity contribution in [2.24, 2.45) is 63.1 Å². The number of ether oxygens (including phenoxy) is 6. The van der Waals surface area contributed by atoms with Crippen LogP contribution < -0.4 is 0 Å². The van der Waals surface area contributed by atoms with Crippen molar-refractivity contribution < 1.29 is 57.8 Å². The summed E-state index contributed by atoms with van der Waals surface area (Å²) in [4.78, 5) is 47.8. The van der Waals surface area contributed by atoms with Crippen molar-refractivity contribution >= 4 is 23.9 Å². The third-order valence-corrected chi connectivity index (χ3v) is 18.4. The summed E-state index contributed by atoms with van der Waals surface area (Å²) in [6.07, 6.45) is 14.5. The lowest BCUT2D eigenvalue weighted by atomic mass is 9.46. The van der Waals surface area contributed by atoms with E-state index in [0.717, 1.165) is 83.5 Å². The zero-order valence-corrected chi connectivity index (χ0v) is 39.7. The van der Waals surface area contributed by atoms with Crippen LogP contribution in [0, 0.1) is 63.1 Å². The highest BCUT2D eigenvalue weighted by Crippen LogP contribution is 2.67. The molecule has 0 aromatic rings. The summed E-state index contributed by atoms with van der Waals surface area (Å²) in [6.45, 7) is 17.6. The summed E-state index contributed by atoms with van der Waals surface area (Å²) in [7, 11) is 0. The maximum absolute atomic E-state index is 12.1. The first-order valence-corrected chi connectivity index (χ1v) is 25.0. The van der Waals surface area contributed by atoms with E-state index >= 15 is 0 Å². The number of esters is 4.